The summed E-state index contributed by atoms with van der Waals surface area (Å²) in [5.74, 6) is 0. The molecule has 1 heterocycles. The predicted octanol–water partition coefficient (Wildman–Crippen LogP) is 0.527. The van der Waals surface area contributed by atoms with Gasteiger partial charge in [0.25, 0.3) is 0 Å². The molecule has 0 aliphatic carbocycles. The van der Waals surface area contributed by atoms with Crippen molar-refractivity contribution in [1.29, 1.82) is 0 Å². The lowest BCUT2D eigenvalue weighted by atomic mass is 9.89. The molecule has 1 aliphatic heterocycles. The highest BCUT2D eigenvalue weighted by molar-refractivity contribution is 5.75. The molecule has 0 spiro atoms. The molecule has 1 rings (SSSR count). The molecule has 1 aliphatic rings. The van der Waals surface area contributed by atoms with E-state index in [9.17, 15) is 4.79 Å². The number of hydrogen-bond acceptors (Lipinski definition) is 2. The Labute approximate surface area is 79.5 Å². The number of likely N-dealkylation sites (tertiary alicyclic amines) is 1. The topological polar surface area (TPSA) is 58.4 Å². The van der Waals surface area contributed by atoms with Crippen LogP contribution in [0.25, 0.3) is 0 Å². The molecule has 0 aromatic rings. The summed E-state index contributed by atoms with van der Waals surface area (Å²) >= 11 is 0. The number of carbonyl (C=O) groups excluding carboxylic acids is 1. The summed E-state index contributed by atoms with van der Waals surface area (Å²) in [4.78, 5) is 13.2. The van der Waals surface area contributed by atoms with Gasteiger partial charge in [0.05, 0.1) is 5.54 Å². The van der Waals surface area contributed by atoms with Crippen molar-refractivity contribution in [2.75, 3.05) is 13.1 Å². The first kappa shape index (κ1) is 10.3. The van der Waals surface area contributed by atoms with Gasteiger partial charge < -0.3 is 16.0 Å². The van der Waals surface area contributed by atoms with E-state index in [0.717, 1.165) is 6.42 Å². The number of hydrogen-bond donors (Lipinski definition) is 2. The molecule has 0 unspecified atom stereocenters. The highest BCUT2D eigenvalue weighted by Crippen LogP contribution is 2.20. The largest absolute Gasteiger partial charge is 0.336 e. The Balaban J connectivity index is 2.31. The fraction of sp³-hybridized carbons (Fsp3) is 0.889. The van der Waals surface area contributed by atoms with E-state index in [-0.39, 0.29) is 17.6 Å². The fourth-order valence-corrected chi connectivity index (χ4v) is 1.42. The minimum absolute atomic E-state index is 0.00419. The van der Waals surface area contributed by atoms with Crippen LogP contribution in [0.15, 0.2) is 0 Å². The molecule has 0 aromatic heterocycles. The number of urea groups is 1. The summed E-state index contributed by atoms with van der Waals surface area (Å²) in [7, 11) is 0. The van der Waals surface area contributed by atoms with Crippen LogP contribution in [0, 0.1) is 0 Å². The van der Waals surface area contributed by atoms with E-state index in [0.29, 0.717) is 13.1 Å². The molecule has 1 fully saturated rings. The van der Waals surface area contributed by atoms with E-state index >= 15 is 0 Å². The summed E-state index contributed by atoms with van der Waals surface area (Å²) in [6.45, 7) is 7.32. The third kappa shape index (κ3) is 2.34. The molecule has 0 bridgehead atoms. The highest BCUT2D eigenvalue weighted by atomic mass is 16.2. The summed E-state index contributed by atoms with van der Waals surface area (Å²) < 4.78 is 0. The predicted molar refractivity (Wildman–Crippen MR) is 52.5 cm³/mol. The first-order valence-corrected chi connectivity index (χ1v) is 4.81. The van der Waals surface area contributed by atoms with Crippen molar-refractivity contribution >= 4 is 6.03 Å². The van der Waals surface area contributed by atoms with E-state index in [1.807, 2.05) is 13.8 Å². The van der Waals surface area contributed by atoms with Gasteiger partial charge in [0.15, 0.2) is 0 Å². The van der Waals surface area contributed by atoms with E-state index < -0.39 is 0 Å². The zero-order valence-electron chi connectivity index (χ0n) is 8.63. The van der Waals surface area contributed by atoms with Crippen LogP contribution in [0.4, 0.5) is 4.79 Å². The molecule has 2 amide bonds. The van der Waals surface area contributed by atoms with Crippen LogP contribution in [0.1, 0.15) is 27.2 Å². The Morgan fingerprint density at radius 1 is 1.62 bits per heavy atom. The molecule has 13 heavy (non-hydrogen) atoms. The van der Waals surface area contributed by atoms with Crippen molar-refractivity contribution in [2.45, 2.75) is 38.8 Å². The quantitative estimate of drug-likeness (QED) is 0.659. The average molecular weight is 185 g/mol. The number of rotatable bonds is 2. The average Bonchev–Trinajstić information content (AvgIpc) is 1.97. The second-order valence-corrected chi connectivity index (χ2v) is 4.18. The molecule has 0 saturated carbocycles. The number of amides is 2. The molecular weight excluding hydrogens is 166 g/mol. The van der Waals surface area contributed by atoms with E-state index in [1.54, 1.807) is 4.90 Å². The smallest absolute Gasteiger partial charge is 0.317 e. The maximum absolute atomic E-state index is 11.4. The van der Waals surface area contributed by atoms with Gasteiger partial charge in [-0.15, -0.1) is 0 Å². The van der Waals surface area contributed by atoms with Gasteiger partial charge in [-0.3, -0.25) is 0 Å². The lowest BCUT2D eigenvalue weighted by Gasteiger charge is -2.47. The number of nitrogens with zero attached hydrogens (tertiary/aromatic N) is 1. The highest BCUT2D eigenvalue weighted by Gasteiger charge is 2.40. The van der Waals surface area contributed by atoms with Gasteiger partial charge in [-0.1, -0.05) is 6.92 Å². The van der Waals surface area contributed by atoms with E-state index in [2.05, 4.69) is 12.2 Å². The van der Waals surface area contributed by atoms with Gasteiger partial charge >= 0.3 is 6.03 Å². The van der Waals surface area contributed by atoms with E-state index in [1.165, 1.54) is 0 Å². The Morgan fingerprint density at radius 2 is 2.15 bits per heavy atom. The molecular formula is C9H19N3O. The van der Waals surface area contributed by atoms with Crippen molar-refractivity contribution < 1.29 is 4.79 Å². The van der Waals surface area contributed by atoms with Gasteiger partial charge in [-0.25, -0.2) is 4.79 Å². The monoisotopic (exact) mass is 185 g/mol. The van der Waals surface area contributed by atoms with Gasteiger partial charge in [0.2, 0.25) is 0 Å². The molecule has 0 aromatic carbocycles. The van der Waals surface area contributed by atoms with Crippen molar-refractivity contribution in [1.82, 2.24) is 10.2 Å². The van der Waals surface area contributed by atoms with Gasteiger partial charge in [0, 0.05) is 19.1 Å². The van der Waals surface area contributed by atoms with Crippen LogP contribution in [-0.2, 0) is 0 Å². The maximum Gasteiger partial charge on any atom is 0.317 e. The van der Waals surface area contributed by atoms with Crippen molar-refractivity contribution in [3.05, 3.63) is 0 Å². The third-order valence-electron chi connectivity index (χ3n) is 2.41. The SMILES string of the molecule is CCC1(N)CN(C(=O)NC(C)C)C1. The molecule has 3 N–H and O–H groups in total. The summed E-state index contributed by atoms with van der Waals surface area (Å²) in [5.41, 5.74) is 5.81. The number of nitrogens with two attached hydrogens (primary N) is 1. The Bertz CT molecular complexity index is 197. The molecule has 1 saturated heterocycles. The molecule has 4 nitrogen and oxygen atoms in total. The third-order valence-corrected chi connectivity index (χ3v) is 2.41. The second kappa shape index (κ2) is 3.54. The zero-order chi connectivity index (χ0) is 10.1. The molecule has 0 radical (unpaired) electrons. The first-order chi connectivity index (χ1) is 5.97. The Hall–Kier alpha value is -0.770. The standard InChI is InChI=1S/C9H19N3O/c1-4-9(10)5-12(6-9)8(13)11-7(2)3/h7H,4-6,10H2,1-3H3,(H,11,13). The maximum atomic E-state index is 11.4. The van der Waals surface area contributed by atoms with Crippen LogP contribution < -0.4 is 11.1 Å². The van der Waals surface area contributed by atoms with Crippen molar-refractivity contribution in [2.24, 2.45) is 5.73 Å². The van der Waals surface area contributed by atoms with E-state index in [4.69, 9.17) is 5.73 Å². The second-order valence-electron chi connectivity index (χ2n) is 4.18. The molecule has 76 valence electrons. The van der Waals surface area contributed by atoms with Crippen LogP contribution >= 0.6 is 0 Å². The van der Waals surface area contributed by atoms with Crippen LogP contribution in [-0.4, -0.2) is 35.6 Å². The Kier molecular flexibility index (Phi) is 2.81. The lowest BCUT2D eigenvalue weighted by Crippen LogP contribution is -2.69. The van der Waals surface area contributed by atoms with Crippen molar-refractivity contribution in [3.8, 4) is 0 Å². The van der Waals surface area contributed by atoms with Crippen molar-refractivity contribution in [3.63, 3.8) is 0 Å². The minimum Gasteiger partial charge on any atom is -0.336 e. The summed E-state index contributed by atoms with van der Waals surface area (Å²) in [5, 5.41) is 2.84. The van der Waals surface area contributed by atoms with Gasteiger partial charge in [-0.05, 0) is 20.3 Å². The number of nitrogens with one attached hydrogen (secondary N) is 1. The first-order valence-electron chi connectivity index (χ1n) is 4.81. The Morgan fingerprint density at radius 3 is 2.54 bits per heavy atom. The number of carbonyl (C=O) groups is 1. The zero-order valence-corrected chi connectivity index (χ0v) is 8.63. The van der Waals surface area contributed by atoms with Crippen LogP contribution in [0.3, 0.4) is 0 Å². The van der Waals surface area contributed by atoms with Gasteiger partial charge in [-0.2, -0.15) is 0 Å². The lowest BCUT2D eigenvalue weighted by molar-refractivity contribution is 0.0924. The normalized spacial score (nSPS) is 19.9. The fourth-order valence-electron chi connectivity index (χ4n) is 1.42. The van der Waals surface area contributed by atoms with Gasteiger partial charge in [0.1, 0.15) is 0 Å². The molecule has 4 heteroatoms. The minimum atomic E-state index is -0.131. The van der Waals surface area contributed by atoms with Crippen LogP contribution in [0.2, 0.25) is 0 Å². The summed E-state index contributed by atoms with van der Waals surface area (Å²) in [6.07, 6.45) is 0.929. The summed E-state index contributed by atoms with van der Waals surface area (Å²) in [6, 6.07) is 0.200. The molecule has 0 atom stereocenters. The van der Waals surface area contributed by atoms with Crippen LogP contribution in [0.5, 0.6) is 0 Å².